The second-order valence-electron chi connectivity index (χ2n) is 10.3. The Kier molecular flexibility index (Phi) is 5.75. The van der Waals surface area contributed by atoms with Crippen LogP contribution in [0.4, 0.5) is 11.5 Å². The first-order valence-electron chi connectivity index (χ1n) is 12.1. The van der Waals surface area contributed by atoms with Crippen molar-refractivity contribution in [3.8, 4) is 11.5 Å². The fourth-order valence-corrected chi connectivity index (χ4v) is 6.21. The molecule has 0 spiro atoms. The summed E-state index contributed by atoms with van der Waals surface area (Å²) in [5, 5.41) is 16.0. The lowest BCUT2D eigenvalue weighted by atomic mass is 9.69. The number of carbonyl (C=O) groups excluding carboxylic acids is 1. The van der Waals surface area contributed by atoms with E-state index in [-0.39, 0.29) is 52.7 Å². The minimum absolute atomic E-state index is 0.00209. The van der Waals surface area contributed by atoms with Crippen molar-refractivity contribution in [2.24, 2.45) is 5.41 Å². The zero-order valence-electron chi connectivity index (χ0n) is 20.7. The highest BCUT2D eigenvalue weighted by molar-refractivity contribution is 7.98. The highest BCUT2D eigenvalue weighted by Gasteiger charge is 2.45. The number of allylic oxidation sites excluding steroid dienone is 2. The lowest BCUT2D eigenvalue weighted by Crippen LogP contribution is -2.37. The van der Waals surface area contributed by atoms with Crippen molar-refractivity contribution in [1.29, 1.82) is 0 Å². The maximum Gasteiger partial charge on any atom is 0.319 e. The van der Waals surface area contributed by atoms with Gasteiger partial charge in [-0.3, -0.25) is 19.7 Å². The molecule has 0 saturated carbocycles. The molecule has 0 bridgehead atoms. The molecule has 0 amide bonds. The summed E-state index contributed by atoms with van der Waals surface area (Å²) in [5.41, 5.74) is 1.33. The number of nitrogens with zero attached hydrogens (tertiary/aromatic N) is 2. The molecule has 1 unspecified atom stereocenters. The predicted molar refractivity (Wildman–Crippen MR) is 141 cm³/mol. The molecule has 3 aromatic rings. The number of benzene rings is 2. The number of nitro groups is 1. The highest BCUT2D eigenvalue weighted by atomic mass is 32.2. The van der Waals surface area contributed by atoms with E-state index in [1.807, 2.05) is 44.2 Å². The highest BCUT2D eigenvalue weighted by Crippen LogP contribution is 2.52. The van der Waals surface area contributed by atoms with Gasteiger partial charge in [0.15, 0.2) is 16.7 Å². The summed E-state index contributed by atoms with van der Waals surface area (Å²) in [6.07, 6.45) is 0.789. The minimum atomic E-state index is -0.982. The first-order valence-corrected chi connectivity index (χ1v) is 13.1. The normalized spacial score (nSPS) is 19.0. The average molecular weight is 533 g/mol. The van der Waals surface area contributed by atoms with E-state index in [0.29, 0.717) is 34.4 Å². The molecule has 10 nitrogen and oxygen atoms in total. The molecule has 38 heavy (non-hydrogen) atoms. The molecule has 3 heterocycles. The molecule has 0 radical (unpaired) electrons. The summed E-state index contributed by atoms with van der Waals surface area (Å²) >= 11 is 1.38. The Balaban J connectivity index is 1.52. The van der Waals surface area contributed by atoms with Gasteiger partial charge in [-0.15, -0.1) is 0 Å². The number of ether oxygens (including phenoxy) is 2. The number of hydrogen-bond donors (Lipinski definition) is 2. The number of anilines is 1. The van der Waals surface area contributed by atoms with Crippen LogP contribution in [0.3, 0.4) is 0 Å². The number of carbonyl (C=O) groups is 1. The van der Waals surface area contributed by atoms with Crippen molar-refractivity contribution in [2.75, 3.05) is 12.1 Å². The number of fused-ring (bicyclic) bond motifs is 2. The van der Waals surface area contributed by atoms with Crippen LogP contribution in [-0.4, -0.2) is 27.5 Å². The third kappa shape index (κ3) is 4.12. The maximum atomic E-state index is 13.6. The van der Waals surface area contributed by atoms with E-state index in [2.05, 4.69) is 10.3 Å². The van der Waals surface area contributed by atoms with E-state index < -0.39 is 16.4 Å². The summed E-state index contributed by atoms with van der Waals surface area (Å²) in [7, 11) is 0. The van der Waals surface area contributed by atoms with Gasteiger partial charge in [0.1, 0.15) is 5.82 Å². The maximum absolute atomic E-state index is 13.6. The molecular weight excluding hydrogens is 508 g/mol. The molecule has 11 heteroatoms. The Morgan fingerprint density at radius 3 is 2.68 bits per heavy atom. The average Bonchev–Trinajstić information content (AvgIpc) is 3.34. The summed E-state index contributed by atoms with van der Waals surface area (Å²) in [4.78, 5) is 46.4. The predicted octanol–water partition coefficient (Wildman–Crippen LogP) is 4.90. The molecule has 0 saturated heterocycles. The molecule has 1 atom stereocenters. The van der Waals surface area contributed by atoms with Gasteiger partial charge in [0.2, 0.25) is 12.5 Å². The van der Waals surface area contributed by atoms with Crippen molar-refractivity contribution in [3.05, 3.63) is 90.9 Å². The second kappa shape index (κ2) is 9.02. The molecule has 1 aliphatic carbocycles. The zero-order chi connectivity index (χ0) is 26.6. The standard InChI is InChI=1S/C27H24N4O6S/c1-27(2)10-16-20(17(32)11-27)19(15-8-9-18-23(37-13-36-18)22(15)31(34)35)21-24(28-16)29-26(30-25(21)33)38-12-14-6-4-3-5-7-14/h3-9,19H,10-13H2,1-2H3,(H2,28,29,30,33). The van der Waals surface area contributed by atoms with E-state index >= 15 is 0 Å². The van der Waals surface area contributed by atoms with Crippen molar-refractivity contribution in [1.82, 2.24) is 9.97 Å². The van der Waals surface area contributed by atoms with Gasteiger partial charge in [-0.25, -0.2) is 4.98 Å². The van der Waals surface area contributed by atoms with Gasteiger partial charge in [0, 0.05) is 29.0 Å². The Morgan fingerprint density at radius 1 is 1.13 bits per heavy atom. The molecule has 3 aliphatic rings. The molecule has 1 aromatic heterocycles. The topological polar surface area (TPSA) is 136 Å². The largest absolute Gasteiger partial charge is 0.453 e. The van der Waals surface area contributed by atoms with E-state index in [0.717, 1.165) is 5.56 Å². The van der Waals surface area contributed by atoms with Gasteiger partial charge in [0.25, 0.3) is 5.56 Å². The Labute approximate surface area is 221 Å². The van der Waals surface area contributed by atoms with Crippen LogP contribution >= 0.6 is 11.8 Å². The molecule has 194 valence electrons. The van der Waals surface area contributed by atoms with E-state index in [4.69, 9.17) is 14.5 Å². The lowest BCUT2D eigenvalue weighted by Gasteiger charge is -2.38. The van der Waals surface area contributed by atoms with E-state index in [1.54, 1.807) is 12.1 Å². The van der Waals surface area contributed by atoms with Crippen LogP contribution < -0.4 is 20.3 Å². The van der Waals surface area contributed by atoms with E-state index in [9.17, 15) is 19.7 Å². The number of rotatable bonds is 5. The number of Topliss-reactive ketones (excluding diaryl/α,β-unsaturated/α-hetero) is 1. The summed E-state index contributed by atoms with van der Waals surface area (Å²) in [5.74, 6) is -0.000579. The quantitative estimate of drug-likeness (QED) is 0.203. The van der Waals surface area contributed by atoms with Crippen LogP contribution in [0, 0.1) is 15.5 Å². The van der Waals surface area contributed by atoms with Gasteiger partial charge in [0.05, 0.1) is 16.4 Å². The van der Waals surface area contributed by atoms with Crippen molar-refractivity contribution >= 4 is 29.1 Å². The smallest absolute Gasteiger partial charge is 0.319 e. The number of thioether (sulfide) groups is 1. The number of nitrogens with one attached hydrogen (secondary N) is 2. The fraction of sp³-hybridized carbons (Fsp3) is 0.296. The Bertz CT molecular complexity index is 1580. The number of H-pyrrole nitrogens is 1. The number of hydrogen-bond acceptors (Lipinski definition) is 9. The van der Waals surface area contributed by atoms with Crippen molar-refractivity contribution in [2.45, 2.75) is 43.5 Å². The van der Waals surface area contributed by atoms with Crippen LogP contribution in [0.25, 0.3) is 0 Å². The second-order valence-corrected chi connectivity index (χ2v) is 11.3. The number of ketones is 1. The van der Waals surface area contributed by atoms with Crippen molar-refractivity contribution in [3.63, 3.8) is 0 Å². The Hall–Kier alpha value is -4.12. The number of nitro benzene ring substituents is 1. The summed E-state index contributed by atoms with van der Waals surface area (Å²) in [6.45, 7) is 3.85. The van der Waals surface area contributed by atoms with Gasteiger partial charge in [-0.05, 0) is 29.5 Å². The third-order valence-electron chi connectivity index (χ3n) is 6.96. The number of aromatic nitrogens is 2. The minimum Gasteiger partial charge on any atom is -0.453 e. The van der Waals surface area contributed by atoms with Gasteiger partial charge < -0.3 is 19.8 Å². The van der Waals surface area contributed by atoms with Gasteiger partial charge in [-0.1, -0.05) is 55.9 Å². The fourth-order valence-electron chi connectivity index (χ4n) is 5.39. The number of aromatic amines is 1. The van der Waals surface area contributed by atoms with Crippen LogP contribution in [0.2, 0.25) is 0 Å². The van der Waals surface area contributed by atoms with Crippen molar-refractivity contribution < 1.29 is 19.2 Å². The molecule has 2 aromatic carbocycles. The first-order chi connectivity index (χ1) is 18.2. The van der Waals surface area contributed by atoms with Gasteiger partial charge >= 0.3 is 5.69 Å². The van der Waals surface area contributed by atoms with Crippen LogP contribution in [0.1, 0.15) is 49.3 Å². The molecule has 0 fully saturated rings. The van der Waals surface area contributed by atoms with Crippen LogP contribution in [0.15, 0.2) is 63.7 Å². The first kappa shape index (κ1) is 24.2. The molecular formula is C27H24N4O6S. The summed E-state index contributed by atoms with van der Waals surface area (Å²) < 4.78 is 10.8. The van der Waals surface area contributed by atoms with Crippen LogP contribution in [-0.2, 0) is 10.5 Å². The monoisotopic (exact) mass is 532 g/mol. The Morgan fingerprint density at radius 2 is 1.92 bits per heavy atom. The summed E-state index contributed by atoms with van der Waals surface area (Å²) in [6, 6.07) is 12.9. The molecule has 2 aliphatic heterocycles. The third-order valence-corrected chi connectivity index (χ3v) is 7.90. The molecule has 6 rings (SSSR count). The van der Waals surface area contributed by atoms with Crippen LogP contribution in [0.5, 0.6) is 11.5 Å². The lowest BCUT2D eigenvalue weighted by molar-refractivity contribution is -0.386. The van der Waals surface area contributed by atoms with E-state index in [1.165, 1.54) is 11.8 Å². The zero-order valence-corrected chi connectivity index (χ0v) is 21.5. The van der Waals surface area contributed by atoms with Gasteiger partial charge in [-0.2, -0.15) is 0 Å². The SMILES string of the molecule is CC1(C)CC(=O)C2=C(C1)Nc1nc(SCc3ccccc3)[nH]c(=O)c1C2c1ccc2c(c1[N+](=O)[O-])OCO2. The molecule has 2 N–H and O–H groups in total.